The predicted octanol–water partition coefficient (Wildman–Crippen LogP) is 1.86. The molecule has 6 heteroatoms. The Kier molecular flexibility index (Phi) is 2.91. The van der Waals surface area contributed by atoms with Gasteiger partial charge in [0.1, 0.15) is 4.88 Å². The third kappa shape index (κ3) is 1.92. The van der Waals surface area contributed by atoms with E-state index in [1.54, 1.807) is 18.5 Å². The minimum absolute atomic E-state index is 0.268. The van der Waals surface area contributed by atoms with Crippen LogP contribution in [0.1, 0.15) is 22.3 Å². The summed E-state index contributed by atoms with van der Waals surface area (Å²) >= 11 is 1.11. The molecular weight excluding hydrogens is 226 g/mol. The van der Waals surface area contributed by atoms with Crippen molar-refractivity contribution in [1.82, 2.24) is 15.0 Å². The highest BCUT2D eigenvalue weighted by atomic mass is 32.1. The number of rotatable bonds is 3. The molecule has 0 aromatic carbocycles. The normalized spacial score (nSPS) is 10.3. The molecule has 0 amide bonds. The topological polar surface area (TPSA) is 76.0 Å². The summed E-state index contributed by atoms with van der Waals surface area (Å²) in [6, 6.07) is 1.70. The molecule has 0 aliphatic heterocycles. The summed E-state index contributed by atoms with van der Waals surface area (Å²) in [4.78, 5) is 23.5. The van der Waals surface area contributed by atoms with Gasteiger partial charge in [-0.05, 0) is 12.5 Å². The molecule has 0 radical (unpaired) electrons. The van der Waals surface area contributed by atoms with Crippen LogP contribution in [0.5, 0.6) is 0 Å². The van der Waals surface area contributed by atoms with Crippen molar-refractivity contribution in [3.63, 3.8) is 0 Å². The maximum atomic E-state index is 11.0. The van der Waals surface area contributed by atoms with E-state index in [0.29, 0.717) is 22.9 Å². The van der Waals surface area contributed by atoms with E-state index in [1.807, 2.05) is 6.92 Å². The van der Waals surface area contributed by atoms with E-state index in [-0.39, 0.29) is 4.88 Å². The van der Waals surface area contributed by atoms with Crippen LogP contribution in [0, 0.1) is 0 Å². The first-order valence-electron chi connectivity index (χ1n) is 4.72. The fourth-order valence-electron chi connectivity index (χ4n) is 1.26. The van der Waals surface area contributed by atoms with Crippen LogP contribution in [0.25, 0.3) is 10.8 Å². The maximum Gasteiger partial charge on any atom is 0.347 e. The summed E-state index contributed by atoms with van der Waals surface area (Å²) in [6.45, 7) is 1.87. The first-order chi connectivity index (χ1) is 7.72. The molecule has 2 aromatic rings. The molecule has 0 aliphatic rings. The molecule has 2 rings (SSSR count). The van der Waals surface area contributed by atoms with Crippen molar-refractivity contribution in [3.8, 4) is 10.8 Å². The summed E-state index contributed by atoms with van der Waals surface area (Å²) < 4.78 is 0. The van der Waals surface area contributed by atoms with E-state index in [9.17, 15) is 4.79 Å². The predicted molar refractivity (Wildman–Crippen MR) is 59.5 cm³/mol. The zero-order valence-electron chi connectivity index (χ0n) is 8.54. The van der Waals surface area contributed by atoms with Gasteiger partial charge >= 0.3 is 5.97 Å². The average Bonchev–Trinajstić information content (AvgIpc) is 2.74. The molecule has 0 aliphatic carbocycles. The number of thiazole rings is 1. The van der Waals surface area contributed by atoms with Gasteiger partial charge in [-0.25, -0.2) is 19.7 Å². The first kappa shape index (κ1) is 10.7. The number of aromatic carboxylic acids is 1. The van der Waals surface area contributed by atoms with Crippen LogP contribution in [0.4, 0.5) is 0 Å². The first-order valence-corrected chi connectivity index (χ1v) is 5.54. The van der Waals surface area contributed by atoms with Crippen molar-refractivity contribution < 1.29 is 9.90 Å². The summed E-state index contributed by atoms with van der Waals surface area (Å²) in [7, 11) is 0. The number of aryl methyl sites for hydroxylation is 1. The minimum Gasteiger partial charge on any atom is -0.477 e. The summed E-state index contributed by atoms with van der Waals surface area (Å²) in [5.41, 5.74) is 0.583. The van der Waals surface area contributed by atoms with E-state index >= 15 is 0 Å². The standard InChI is InChI=1S/C10H9N3O2S/c1-2-6-7(10(14)15)16-9(13-6)8-11-4-3-5-12-8/h3-5H,2H2,1H3,(H,14,15). The van der Waals surface area contributed by atoms with Gasteiger partial charge < -0.3 is 5.11 Å². The Morgan fingerprint density at radius 1 is 1.44 bits per heavy atom. The Balaban J connectivity index is 2.48. The van der Waals surface area contributed by atoms with Crippen molar-refractivity contribution >= 4 is 17.3 Å². The van der Waals surface area contributed by atoms with Gasteiger partial charge in [-0.3, -0.25) is 0 Å². The summed E-state index contributed by atoms with van der Waals surface area (Å²) in [5.74, 6) is -0.480. The number of hydrogen-bond acceptors (Lipinski definition) is 5. The van der Waals surface area contributed by atoms with Gasteiger partial charge in [0, 0.05) is 12.4 Å². The highest BCUT2D eigenvalue weighted by Gasteiger charge is 2.17. The van der Waals surface area contributed by atoms with Crippen LogP contribution >= 0.6 is 11.3 Å². The molecule has 0 saturated carbocycles. The molecule has 16 heavy (non-hydrogen) atoms. The Hall–Kier alpha value is -1.82. The lowest BCUT2D eigenvalue weighted by molar-refractivity contribution is 0.0701. The largest absolute Gasteiger partial charge is 0.477 e. The fourth-order valence-corrected chi connectivity index (χ4v) is 2.20. The highest BCUT2D eigenvalue weighted by molar-refractivity contribution is 7.16. The van der Waals surface area contributed by atoms with Gasteiger partial charge in [-0.15, -0.1) is 11.3 Å². The number of carboxylic acids is 1. The molecule has 0 bridgehead atoms. The SMILES string of the molecule is CCc1nc(-c2ncccn2)sc1C(=O)O. The van der Waals surface area contributed by atoms with Gasteiger partial charge in [-0.2, -0.15) is 0 Å². The Morgan fingerprint density at radius 2 is 2.12 bits per heavy atom. The van der Waals surface area contributed by atoms with Crippen LogP contribution in [-0.4, -0.2) is 26.0 Å². The summed E-state index contributed by atoms with van der Waals surface area (Å²) in [5, 5.41) is 9.54. The fraction of sp³-hybridized carbons (Fsp3) is 0.200. The number of hydrogen-bond donors (Lipinski definition) is 1. The number of aromatic nitrogens is 3. The second-order valence-electron chi connectivity index (χ2n) is 3.03. The van der Waals surface area contributed by atoms with Gasteiger partial charge in [0.25, 0.3) is 0 Å². The van der Waals surface area contributed by atoms with Gasteiger partial charge in [0.2, 0.25) is 0 Å². The van der Waals surface area contributed by atoms with Crippen molar-refractivity contribution in [2.45, 2.75) is 13.3 Å². The van der Waals surface area contributed by atoms with Crippen molar-refractivity contribution in [2.75, 3.05) is 0 Å². The Bertz CT molecular complexity index is 510. The summed E-state index contributed by atoms with van der Waals surface area (Å²) in [6.07, 6.45) is 3.80. The van der Waals surface area contributed by atoms with Gasteiger partial charge in [-0.1, -0.05) is 6.92 Å². The van der Waals surface area contributed by atoms with E-state index in [0.717, 1.165) is 11.3 Å². The molecule has 5 nitrogen and oxygen atoms in total. The van der Waals surface area contributed by atoms with E-state index in [2.05, 4.69) is 15.0 Å². The van der Waals surface area contributed by atoms with Crippen LogP contribution in [0.15, 0.2) is 18.5 Å². The molecule has 0 atom stereocenters. The lowest BCUT2D eigenvalue weighted by Gasteiger charge is -1.90. The second kappa shape index (κ2) is 4.36. The van der Waals surface area contributed by atoms with E-state index < -0.39 is 5.97 Å². The number of nitrogens with zero attached hydrogens (tertiary/aromatic N) is 3. The van der Waals surface area contributed by atoms with Crippen molar-refractivity contribution in [2.24, 2.45) is 0 Å². The molecule has 2 heterocycles. The molecule has 0 spiro atoms. The molecule has 0 fully saturated rings. The molecule has 0 unspecified atom stereocenters. The molecule has 0 saturated heterocycles. The van der Waals surface area contributed by atoms with Crippen LogP contribution in [0.3, 0.4) is 0 Å². The van der Waals surface area contributed by atoms with Gasteiger partial charge in [0.15, 0.2) is 10.8 Å². The third-order valence-corrected chi connectivity index (χ3v) is 3.07. The molecular formula is C10H9N3O2S. The van der Waals surface area contributed by atoms with Crippen LogP contribution in [0.2, 0.25) is 0 Å². The zero-order valence-corrected chi connectivity index (χ0v) is 9.36. The molecule has 82 valence electrons. The Morgan fingerprint density at radius 3 is 2.62 bits per heavy atom. The van der Waals surface area contributed by atoms with Crippen LogP contribution in [-0.2, 0) is 6.42 Å². The molecule has 1 N–H and O–H groups in total. The lowest BCUT2D eigenvalue weighted by atomic mass is 10.3. The monoisotopic (exact) mass is 235 g/mol. The van der Waals surface area contributed by atoms with Crippen molar-refractivity contribution in [3.05, 3.63) is 29.0 Å². The van der Waals surface area contributed by atoms with E-state index in [1.165, 1.54) is 0 Å². The van der Waals surface area contributed by atoms with Gasteiger partial charge in [0.05, 0.1) is 5.69 Å². The smallest absolute Gasteiger partial charge is 0.347 e. The van der Waals surface area contributed by atoms with E-state index in [4.69, 9.17) is 5.11 Å². The van der Waals surface area contributed by atoms with Crippen molar-refractivity contribution in [1.29, 1.82) is 0 Å². The zero-order chi connectivity index (χ0) is 11.5. The third-order valence-electron chi connectivity index (χ3n) is 1.98. The van der Waals surface area contributed by atoms with Crippen LogP contribution < -0.4 is 0 Å². The average molecular weight is 235 g/mol. The minimum atomic E-state index is -0.948. The maximum absolute atomic E-state index is 11.0. The highest BCUT2D eigenvalue weighted by Crippen LogP contribution is 2.25. The Labute approximate surface area is 95.8 Å². The number of carboxylic acid groups (broad SMARTS) is 1. The lowest BCUT2D eigenvalue weighted by Crippen LogP contribution is -1.97. The molecule has 2 aromatic heterocycles. The quantitative estimate of drug-likeness (QED) is 0.878. The second-order valence-corrected chi connectivity index (χ2v) is 4.03. The number of carbonyl (C=O) groups is 1.